The van der Waals surface area contributed by atoms with Crippen molar-refractivity contribution < 1.29 is 24.3 Å². The average Bonchev–Trinajstić information content (AvgIpc) is 3.35. The van der Waals surface area contributed by atoms with Crippen LogP contribution in [0.2, 0.25) is 0 Å². The lowest BCUT2D eigenvalue weighted by atomic mass is 9.95. The number of urea groups is 1. The second-order valence-electron chi connectivity index (χ2n) is 9.53. The third kappa shape index (κ3) is 3.99. The minimum Gasteiger partial charge on any atom is -0.478 e. The Bertz CT molecular complexity index is 1540. The molecule has 1 aromatic carbocycles. The fourth-order valence-corrected chi connectivity index (χ4v) is 6.68. The number of aromatic carboxylic acids is 1. The molecule has 1 saturated heterocycles. The van der Waals surface area contributed by atoms with Crippen molar-refractivity contribution in [3.63, 3.8) is 0 Å². The number of carbonyl (C=O) groups excluding carboxylic acids is 3. The molecule has 37 heavy (non-hydrogen) atoms. The van der Waals surface area contributed by atoms with Gasteiger partial charge in [-0.1, -0.05) is 12.1 Å². The van der Waals surface area contributed by atoms with Crippen molar-refractivity contribution in [1.82, 2.24) is 9.88 Å². The minimum absolute atomic E-state index is 0.162. The largest absolute Gasteiger partial charge is 0.478 e. The van der Waals surface area contributed by atoms with E-state index >= 15 is 0 Å². The van der Waals surface area contributed by atoms with Crippen molar-refractivity contribution >= 4 is 46.9 Å². The number of anilines is 1. The second-order valence-corrected chi connectivity index (χ2v) is 10.6. The molecule has 0 bridgehead atoms. The predicted octanol–water partition coefficient (Wildman–Crippen LogP) is 5.02. The van der Waals surface area contributed by atoms with Crippen molar-refractivity contribution in [1.29, 1.82) is 0 Å². The van der Waals surface area contributed by atoms with Crippen LogP contribution in [0.3, 0.4) is 0 Å². The van der Waals surface area contributed by atoms with Gasteiger partial charge in [0.2, 0.25) is 0 Å². The molecule has 0 saturated carbocycles. The van der Waals surface area contributed by atoms with Gasteiger partial charge in [-0.15, -0.1) is 11.3 Å². The third-order valence-electron chi connectivity index (χ3n) is 7.26. The van der Waals surface area contributed by atoms with Gasteiger partial charge in [0.25, 0.3) is 11.8 Å². The van der Waals surface area contributed by atoms with E-state index in [1.54, 1.807) is 12.1 Å². The van der Waals surface area contributed by atoms with Gasteiger partial charge in [0, 0.05) is 16.3 Å². The maximum Gasteiger partial charge on any atom is 0.339 e. The molecule has 1 fully saturated rings. The van der Waals surface area contributed by atoms with Gasteiger partial charge in [0.15, 0.2) is 0 Å². The number of aryl methyl sites for hydroxylation is 3. The van der Waals surface area contributed by atoms with E-state index in [-0.39, 0.29) is 5.57 Å². The SMILES string of the molecule is Cc1cccc(N2C(=O)NC(=O)/C(=C\c3cc(C)n(-c4sc5c(c4C(=O)O)CCCC5)c3C)C2=O)c1C. The van der Waals surface area contributed by atoms with E-state index in [1.807, 2.05) is 44.4 Å². The molecule has 8 nitrogen and oxygen atoms in total. The van der Waals surface area contributed by atoms with Crippen LogP contribution < -0.4 is 10.2 Å². The second kappa shape index (κ2) is 9.15. The highest BCUT2D eigenvalue weighted by molar-refractivity contribution is 7.15. The fourth-order valence-electron chi connectivity index (χ4n) is 5.19. The first-order valence-corrected chi connectivity index (χ1v) is 13.0. The van der Waals surface area contributed by atoms with E-state index in [1.165, 1.54) is 17.4 Å². The highest BCUT2D eigenvalue weighted by Crippen LogP contribution is 2.39. The number of carboxylic acids is 1. The van der Waals surface area contributed by atoms with Crippen LogP contribution >= 0.6 is 11.3 Å². The van der Waals surface area contributed by atoms with Crippen LogP contribution in [0.5, 0.6) is 0 Å². The molecule has 4 amide bonds. The third-order valence-corrected chi connectivity index (χ3v) is 8.54. The zero-order valence-electron chi connectivity index (χ0n) is 21.1. The van der Waals surface area contributed by atoms with Crippen molar-refractivity contribution in [2.45, 2.75) is 53.4 Å². The normalized spacial score (nSPS) is 16.8. The van der Waals surface area contributed by atoms with E-state index in [2.05, 4.69) is 5.32 Å². The number of hydrogen-bond donors (Lipinski definition) is 2. The topological polar surface area (TPSA) is 109 Å². The molecule has 3 aromatic rings. The number of imide groups is 2. The summed E-state index contributed by atoms with van der Waals surface area (Å²) in [4.78, 5) is 53.3. The van der Waals surface area contributed by atoms with Crippen LogP contribution in [0.25, 0.3) is 11.1 Å². The van der Waals surface area contributed by atoms with Gasteiger partial charge < -0.3 is 9.67 Å². The van der Waals surface area contributed by atoms with E-state index in [0.717, 1.165) is 57.8 Å². The van der Waals surface area contributed by atoms with E-state index < -0.39 is 23.8 Å². The quantitative estimate of drug-likeness (QED) is 0.373. The molecule has 190 valence electrons. The van der Waals surface area contributed by atoms with Gasteiger partial charge in [0.05, 0.1) is 11.3 Å². The number of carbonyl (C=O) groups is 4. The smallest absolute Gasteiger partial charge is 0.339 e. The number of hydrogen-bond acceptors (Lipinski definition) is 5. The first kappa shape index (κ1) is 24.7. The van der Waals surface area contributed by atoms with Crippen LogP contribution in [-0.2, 0) is 22.4 Å². The van der Waals surface area contributed by atoms with Crippen LogP contribution in [0, 0.1) is 27.7 Å². The number of nitrogens with zero attached hydrogens (tertiary/aromatic N) is 2. The van der Waals surface area contributed by atoms with Gasteiger partial charge in [-0.05, 0) is 93.8 Å². The van der Waals surface area contributed by atoms with Crippen molar-refractivity contribution in [3.8, 4) is 5.00 Å². The first-order chi connectivity index (χ1) is 17.6. The number of nitrogens with one attached hydrogen (secondary N) is 1. The minimum atomic E-state index is -0.952. The molecule has 3 heterocycles. The van der Waals surface area contributed by atoms with Gasteiger partial charge in [0.1, 0.15) is 10.6 Å². The summed E-state index contributed by atoms with van der Waals surface area (Å²) < 4.78 is 1.89. The van der Waals surface area contributed by atoms with Crippen molar-refractivity contribution in [3.05, 3.63) is 73.9 Å². The highest BCUT2D eigenvalue weighted by Gasteiger charge is 2.38. The van der Waals surface area contributed by atoms with Gasteiger partial charge >= 0.3 is 12.0 Å². The number of fused-ring (bicyclic) bond motifs is 1. The summed E-state index contributed by atoms with van der Waals surface area (Å²) in [7, 11) is 0. The standard InChI is InChI=1S/C28H27N3O5S/c1-14-8-7-10-21(16(14)3)31-25(33)20(24(32)29-28(31)36)13-18-12-15(2)30(17(18)4)26-23(27(34)35)19-9-5-6-11-22(19)37-26/h7-8,10,12-13H,5-6,9,11H2,1-4H3,(H,34,35)(H,29,32,36)/b20-13+. The molecule has 9 heteroatoms. The molecule has 2 aromatic heterocycles. The number of benzene rings is 1. The molecular formula is C28H27N3O5S. The molecular weight excluding hydrogens is 490 g/mol. The molecule has 1 aliphatic heterocycles. The number of aromatic nitrogens is 1. The fraction of sp³-hybridized carbons (Fsp3) is 0.286. The molecule has 1 aliphatic carbocycles. The van der Waals surface area contributed by atoms with Gasteiger partial charge in [-0.2, -0.15) is 0 Å². The summed E-state index contributed by atoms with van der Waals surface area (Å²) in [6.45, 7) is 7.41. The van der Waals surface area contributed by atoms with Crippen LogP contribution in [0.15, 0.2) is 29.8 Å². The lowest BCUT2D eigenvalue weighted by Gasteiger charge is -2.28. The Kier molecular flexibility index (Phi) is 6.11. The number of carboxylic acid groups (broad SMARTS) is 1. The Labute approximate surface area is 218 Å². The monoisotopic (exact) mass is 517 g/mol. The lowest BCUT2D eigenvalue weighted by molar-refractivity contribution is -0.122. The molecule has 2 N–H and O–H groups in total. The highest BCUT2D eigenvalue weighted by atomic mass is 32.1. The van der Waals surface area contributed by atoms with Gasteiger partial charge in [-0.3, -0.25) is 14.9 Å². The van der Waals surface area contributed by atoms with E-state index in [4.69, 9.17) is 0 Å². The maximum absolute atomic E-state index is 13.5. The summed E-state index contributed by atoms with van der Waals surface area (Å²) in [5.41, 5.74) is 5.28. The molecule has 0 atom stereocenters. The zero-order valence-corrected chi connectivity index (χ0v) is 21.9. The molecule has 5 rings (SSSR count). The summed E-state index contributed by atoms with van der Waals surface area (Å²) in [5, 5.41) is 13.0. The zero-order chi connectivity index (χ0) is 26.6. The summed E-state index contributed by atoms with van der Waals surface area (Å²) in [6, 6.07) is 6.35. The average molecular weight is 518 g/mol. The number of thiophene rings is 1. The summed E-state index contributed by atoms with van der Waals surface area (Å²) >= 11 is 1.50. The number of barbiturate groups is 1. The molecule has 0 radical (unpaired) electrons. The van der Waals surface area contributed by atoms with Crippen LogP contribution in [0.4, 0.5) is 10.5 Å². The Morgan fingerprint density at radius 1 is 1.08 bits per heavy atom. The molecule has 0 spiro atoms. The molecule has 2 aliphatic rings. The van der Waals surface area contributed by atoms with E-state index in [0.29, 0.717) is 27.5 Å². The lowest BCUT2D eigenvalue weighted by Crippen LogP contribution is -2.54. The van der Waals surface area contributed by atoms with Crippen LogP contribution in [0.1, 0.15) is 61.7 Å². The predicted molar refractivity (Wildman–Crippen MR) is 142 cm³/mol. The Morgan fingerprint density at radius 2 is 1.81 bits per heavy atom. The van der Waals surface area contributed by atoms with Crippen molar-refractivity contribution in [2.24, 2.45) is 0 Å². The Hall–Kier alpha value is -3.98. The summed E-state index contributed by atoms with van der Waals surface area (Å²) in [5.74, 6) is -2.42. The Morgan fingerprint density at radius 3 is 2.54 bits per heavy atom. The van der Waals surface area contributed by atoms with E-state index in [9.17, 15) is 24.3 Å². The number of rotatable bonds is 4. The first-order valence-electron chi connectivity index (χ1n) is 12.1. The molecule has 0 unspecified atom stereocenters. The van der Waals surface area contributed by atoms with Crippen LogP contribution in [-0.4, -0.2) is 33.5 Å². The van der Waals surface area contributed by atoms with Crippen molar-refractivity contribution in [2.75, 3.05) is 4.90 Å². The maximum atomic E-state index is 13.5. The van der Waals surface area contributed by atoms with Gasteiger partial charge in [-0.25, -0.2) is 14.5 Å². The Balaban J connectivity index is 1.60. The number of amides is 4. The summed E-state index contributed by atoms with van der Waals surface area (Å²) in [6.07, 6.45) is 5.11.